The maximum absolute atomic E-state index is 6.22. The standard InChI is InChI=1S/C14H20BrN/c1-4-13(14(16)9-10(2)3)11-5-7-12(15)8-6-11/h4-8,10,13-14H,1,9,16H2,2-3H3/t13-,14+/m0/s1. The zero-order chi connectivity index (χ0) is 12.1. The Balaban J connectivity index is 2.81. The van der Waals surface area contributed by atoms with E-state index in [4.69, 9.17) is 5.73 Å². The Morgan fingerprint density at radius 2 is 1.88 bits per heavy atom. The van der Waals surface area contributed by atoms with Crippen LogP contribution in [0.5, 0.6) is 0 Å². The Labute approximate surface area is 107 Å². The Morgan fingerprint density at radius 1 is 1.31 bits per heavy atom. The van der Waals surface area contributed by atoms with Crippen LogP contribution >= 0.6 is 15.9 Å². The van der Waals surface area contributed by atoms with Gasteiger partial charge in [0, 0.05) is 16.4 Å². The lowest BCUT2D eigenvalue weighted by Crippen LogP contribution is -2.28. The first-order valence-corrected chi connectivity index (χ1v) is 6.47. The molecule has 0 saturated heterocycles. The molecule has 16 heavy (non-hydrogen) atoms. The lowest BCUT2D eigenvalue weighted by atomic mass is 9.87. The van der Waals surface area contributed by atoms with Gasteiger partial charge in [-0.05, 0) is 30.0 Å². The second-order valence-electron chi connectivity index (χ2n) is 4.61. The highest BCUT2D eigenvalue weighted by Gasteiger charge is 2.17. The normalized spacial score (nSPS) is 14.8. The summed E-state index contributed by atoms with van der Waals surface area (Å²) in [5.41, 5.74) is 7.46. The largest absolute Gasteiger partial charge is 0.327 e. The molecule has 0 spiro atoms. The summed E-state index contributed by atoms with van der Waals surface area (Å²) in [6.07, 6.45) is 2.98. The lowest BCUT2D eigenvalue weighted by Gasteiger charge is -2.22. The zero-order valence-corrected chi connectivity index (χ0v) is 11.6. The van der Waals surface area contributed by atoms with Crippen LogP contribution in [0.15, 0.2) is 41.4 Å². The second-order valence-corrected chi connectivity index (χ2v) is 5.52. The Hall–Kier alpha value is -0.600. The summed E-state index contributed by atoms with van der Waals surface area (Å²) < 4.78 is 1.09. The van der Waals surface area contributed by atoms with Gasteiger partial charge in [0.05, 0.1) is 0 Å². The van der Waals surface area contributed by atoms with E-state index in [0.717, 1.165) is 10.9 Å². The van der Waals surface area contributed by atoms with Crippen LogP contribution in [0, 0.1) is 5.92 Å². The van der Waals surface area contributed by atoms with Gasteiger partial charge in [0.1, 0.15) is 0 Å². The van der Waals surface area contributed by atoms with E-state index in [0.29, 0.717) is 5.92 Å². The highest BCUT2D eigenvalue weighted by molar-refractivity contribution is 9.10. The molecule has 1 aromatic carbocycles. The molecule has 0 aliphatic heterocycles. The zero-order valence-electron chi connectivity index (χ0n) is 9.99. The van der Waals surface area contributed by atoms with Crippen molar-refractivity contribution in [2.75, 3.05) is 0 Å². The van der Waals surface area contributed by atoms with Crippen molar-refractivity contribution in [3.05, 3.63) is 47.0 Å². The van der Waals surface area contributed by atoms with Crippen molar-refractivity contribution in [1.29, 1.82) is 0 Å². The van der Waals surface area contributed by atoms with Gasteiger partial charge >= 0.3 is 0 Å². The molecule has 2 N–H and O–H groups in total. The monoisotopic (exact) mass is 281 g/mol. The van der Waals surface area contributed by atoms with Gasteiger partial charge in [0.15, 0.2) is 0 Å². The van der Waals surface area contributed by atoms with Crippen molar-refractivity contribution in [2.24, 2.45) is 11.7 Å². The summed E-state index contributed by atoms with van der Waals surface area (Å²) in [7, 11) is 0. The molecule has 88 valence electrons. The predicted octanol–water partition coefficient (Wildman–Crippen LogP) is 4.09. The second kappa shape index (κ2) is 6.21. The number of benzene rings is 1. The van der Waals surface area contributed by atoms with Crippen LogP contribution in [0.3, 0.4) is 0 Å². The van der Waals surface area contributed by atoms with Crippen LogP contribution in [0.4, 0.5) is 0 Å². The van der Waals surface area contributed by atoms with Crippen molar-refractivity contribution in [3.63, 3.8) is 0 Å². The molecule has 0 saturated carbocycles. The van der Waals surface area contributed by atoms with E-state index in [-0.39, 0.29) is 12.0 Å². The number of halogens is 1. The van der Waals surface area contributed by atoms with Crippen LogP contribution in [-0.2, 0) is 0 Å². The summed E-state index contributed by atoms with van der Waals surface area (Å²) in [5, 5.41) is 0. The fraction of sp³-hybridized carbons (Fsp3) is 0.429. The molecule has 2 heteroatoms. The third kappa shape index (κ3) is 3.76. The quantitative estimate of drug-likeness (QED) is 0.809. The van der Waals surface area contributed by atoms with Crippen LogP contribution in [0.25, 0.3) is 0 Å². The average molecular weight is 282 g/mol. The molecule has 0 amide bonds. The van der Waals surface area contributed by atoms with Crippen molar-refractivity contribution in [1.82, 2.24) is 0 Å². The summed E-state index contributed by atoms with van der Waals surface area (Å²) in [4.78, 5) is 0. The van der Waals surface area contributed by atoms with Crippen molar-refractivity contribution < 1.29 is 0 Å². The maximum atomic E-state index is 6.22. The molecule has 0 aromatic heterocycles. The Morgan fingerprint density at radius 3 is 2.31 bits per heavy atom. The SMILES string of the molecule is C=C[C@@H](c1ccc(Br)cc1)[C@H](N)CC(C)C. The number of hydrogen-bond acceptors (Lipinski definition) is 1. The smallest absolute Gasteiger partial charge is 0.0175 e. The van der Waals surface area contributed by atoms with E-state index in [1.54, 1.807) is 0 Å². The molecule has 1 aromatic rings. The van der Waals surface area contributed by atoms with Crippen molar-refractivity contribution >= 4 is 15.9 Å². The van der Waals surface area contributed by atoms with Gasteiger partial charge in [-0.3, -0.25) is 0 Å². The predicted molar refractivity (Wildman–Crippen MR) is 74.5 cm³/mol. The van der Waals surface area contributed by atoms with E-state index in [1.807, 2.05) is 18.2 Å². The van der Waals surface area contributed by atoms with Crippen LogP contribution < -0.4 is 5.73 Å². The van der Waals surface area contributed by atoms with Crippen LogP contribution in [0.1, 0.15) is 31.7 Å². The molecule has 1 rings (SSSR count). The minimum Gasteiger partial charge on any atom is -0.327 e. The summed E-state index contributed by atoms with van der Waals surface area (Å²) in [5.74, 6) is 0.864. The number of hydrogen-bond donors (Lipinski definition) is 1. The first kappa shape index (κ1) is 13.5. The fourth-order valence-electron chi connectivity index (χ4n) is 1.93. The lowest BCUT2D eigenvalue weighted by molar-refractivity contribution is 0.468. The number of rotatable bonds is 5. The molecule has 2 atom stereocenters. The third-order valence-corrected chi connectivity index (χ3v) is 3.24. The third-order valence-electron chi connectivity index (χ3n) is 2.71. The van der Waals surface area contributed by atoms with E-state index in [2.05, 4.69) is 48.5 Å². The summed E-state index contributed by atoms with van der Waals surface area (Å²) >= 11 is 3.44. The van der Waals surface area contributed by atoms with E-state index in [9.17, 15) is 0 Å². The molecule has 0 heterocycles. The van der Waals surface area contributed by atoms with Gasteiger partial charge in [0.2, 0.25) is 0 Å². The van der Waals surface area contributed by atoms with Gasteiger partial charge in [-0.2, -0.15) is 0 Å². The molecule has 1 nitrogen and oxygen atoms in total. The van der Waals surface area contributed by atoms with Crippen LogP contribution in [0.2, 0.25) is 0 Å². The minimum atomic E-state index is 0.152. The molecular formula is C14H20BrN. The highest BCUT2D eigenvalue weighted by Crippen LogP contribution is 2.25. The highest BCUT2D eigenvalue weighted by atomic mass is 79.9. The minimum absolute atomic E-state index is 0.152. The fourth-order valence-corrected chi connectivity index (χ4v) is 2.20. The molecule has 0 unspecified atom stereocenters. The van der Waals surface area contributed by atoms with Crippen molar-refractivity contribution in [2.45, 2.75) is 32.2 Å². The molecule has 0 bridgehead atoms. The molecule has 0 fully saturated rings. The molecular weight excluding hydrogens is 262 g/mol. The Bertz CT molecular complexity index is 329. The molecule has 0 aliphatic rings. The van der Waals surface area contributed by atoms with E-state index < -0.39 is 0 Å². The van der Waals surface area contributed by atoms with Crippen LogP contribution in [-0.4, -0.2) is 6.04 Å². The summed E-state index contributed by atoms with van der Waals surface area (Å²) in [6.45, 7) is 8.29. The Kier molecular flexibility index (Phi) is 5.23. The molecule has 0 radical (unpaired) electrons. The van der Waals surface area contributed by atoms with Gasteiger partial charge in [0.25, 0.3) is 0 Å². The molecule has 0 aliphatic carbocycles. The van der Waals surface area contributed by atoms with Gasteiger partial charge in [-0.25, -0.2) is 0 Å². The van der Waals surface area contributed by atoms with Crippen molar-refractivity contribution in [3.8, 4) is 0 Å². The van der Waals surface area contributed by atoms with E-state index in [1.165, 1.54) is 5.56 Å². The van der Waals surface area contributed by atoms with Gasteiger partial charge < -0.3 is 5.73 Å². The topological polar surface area (TPSA) is 26.0 Å². The van der Waals surface area contributed by atoms with Gasteiger partial charge in [-0.15, -0.1) is 6.58 Å². The first-order valence-electron chi connectivity index (χ1n) is 5.68. The average Bonchev–Trinajstić information content (AvgIpc) is 2.21. The van der Waals surface area contributed by atoms with E-state index >= 15 is 0 Å². The first-order chi connectivity index (χ1) is 7.54. The van der Waals surface area contributed by atoms with Gasteiger partial charge in [-0.1, -0.05) is 48.0 Å². The maximum Gasteiger partial charge on any atom is 0.0175 e. The summed E-state index contributed by atoms with van der Waals surface area (Å²) in [6, 6.07) is 8.47. The number of nitrogens with two attached hydrogens (primary N) is 1.